The number of ether oxygens (including phenoxy) is 2. The number of aliphatic hydroxyl groups excluding tert-OH is 1. The third kappa shape index (κ3) is 4.86. The van der Waals surface area contributed by atoms with Crippen molar-refractivity contribution in [1.29, 1.82) is 0 Å². The number of methoxy groups -OCH3 is 1. The molecular formula is C26H31NO5. The highest BCUT2D eigenvalue weighted by Gasteiger charge is 2.46. The molecule has 1 heterocycles. The molecule has 1 fully saturated rings. The van der Waals surface area contributed by atoms with E-state index in [1.807, 2.05) is 50.2 Å². The fourth-order valence-corrected chi connectivity index (χ4v) is 3.73. The first-order valence-corrected chi connectivity index (χ1v) is 10.8. The Hall–Kier alpha value is -3.12. The summed E-state index contributed by atoms with van der Waals surface area (Å²) in [5, 5.41) is 11.2. The van der Waals surface area contributed by atoms with Gasteiger partial charge in [0.2, 0.25) is 0 Å². The fraction of sp³-hybridized carbons (Fsp3) is 0.385. The zero-order valence-corrected chi connectivity index (χ0v) is 19.3. The zero-order valence-electron chi connectivity index (χ0n) is 19.3. The van der Waals surface area contributed by atoms with E-state index in [2.05, 4.69) is 13.8 Å². The van der Waals surface area contributed by atoms with Crippen molar-refractivity contribution in [2.45, 2.75) is 33.7 Å². The van der Waals surface area contributed by atoms with Gasteiger partial charge in [-0.3, -0.25) is 9.59 Å². The van der Waals surface area contributed by atoms with Crippen molar-refractivity contribution in [1.82, 2.24) is 4.90 Å². The number of benzene rings is 2. The number of rotatable bonds is 8. The number of hydrogen-bond donors (Lipinski definition) is 1. The van der Waals surface area contributed by atoms with Crippen LogP contribution in [0.5, 0.6) is 5.75 Å². The van der Waals surface area contributed by atoms with Crippen molar-refractivity contribution in [3.05, 3.63) is 70.3 Å². The second kappa shape index (κ2) is 10.0. The predicted molar refractivity (Wildman–Crippen MR) is 124 cm³/mol. The van der Waals surface area contributed by atoms with Gasteiger partial charge in [0.15, 0.2) is 0 Å². The number of aliphatic hydroxyl groups is 1. The van der Waals surface area contributed by atoms with Crippen molar-refractivity contribution >= 4 is 17.4 Å². The minimum absolute atomic E-state index is 0.0790. The van der Waals surface area contributed by atoms with Crippen LogP contribution in [0, 0.1) is 19.8 Å². The van der Waals surface area contributed by atoms with Crippen LogP contribution in [0.2, 0.25) is 0 Å². The minimum atomic E-state index is -0.727. The molecule has 2 aromatic rings. The predicted octanol–water partition coefficient (Wildman–Crippen LogP) is 4.41. The molecule has 1 aliphatic rings. The summed E-state index contributed by atoms with van der Waals surface area (Å²) in [7, 11) is 1.54. The molecule has 1 unspecified atom stereocenters. The topological polar surface area (TPSA) is 76.1 Å². The molecule has 1 aliphatic heterocycles. The van der Waals surface area contributed by atoms with E-state index in [0.717, 1.165) is 11.1 Å². The van der Waals surface area contributed by atoms with Crippen LogP contribution in [0.1, 0.15) is 42.1 Å². The number of carbonyl (C=O) groups excluding carboxylic acids is 2. The normalized spacial score (nSPS) is 17.9. The summed E-state index contributed by atoms with van der Waals surface area (Å²) in [4.78, 5) is 27.4. The molecule has 0 aliphatic carbocycles. The minimum Gasteiger partial charge on any atom is -0.507 e. The molecule has 2 aromatic carbocycles. The molecule has 1 saturated heterocycles. The van der Waals surface area contributed by atoms with Crippen molar-refractivity contribution < 1.29 is 24.2 Å². The number of nitrogens with zero attached hydrogens (tertiary/aromatic N) is 1. The van der Waals surface area contributed by atoms with Crippen LogP contribution in [0.15, 0.2) is 48.0 Å². The standard InChI is InChI=1S/C26H31NO5/c1-16(2)15-32-21-8-6-7-19(14-21)23-22(25(29)26(30)27(23)11-12-31-5)24(28)20-10-9-17(3)18(4)13-20/h6-10,13-14,16,23,28H,11-12,15H2,1-5H3/b24-22-. The third-order valence-electron chi connectivity index (χ3n) is 5.61. The maximum atomic E-state index is 13.0. The summed E-state index contributed by atoms with van der Waals surface area (Å²) in [6.45, 7) is 9.10. The molecule has 0 radical (unpaired) electrons. The van der Waals surface area contributed by atoms with Gasteiger partial charge in [-0.1, -0.05) is 38.1 Å². The van der Waals surface area contributed by atoms with Crippen molar-refractivity contribution in [2.75, 3.05) is 26.9 Å². The molecule has 0 aromatic heterocycles. The molecule has 0 spiro atoms. The van der Waals surface area contributed by atoms with Crippen molar-refractivity contribution in [3.8, 4) is 5.75 Å². The monoisotopic (exact) mass is 437 g/mol. The lowest BCUT2D eigenvalue weighted by Crippen LogP contribution is -2.32. The van der Waals surface area contributed by atoms with Gasteiger partial charge in [-0.15, -0.1) is 0 Å². The van der Waals surface area contributed by atoms with Gasteiger partial charge in [0.1, 0.15) is 11.5 Å². The number of likely N-dealkylation sites (tertiary alicyclic amines) is 1. The second-order valence-corrected chi connectivity index (χ2v) is 8.56. The molecule has 0 bridgehead atoms. The van der Waals surface area contributed by atoms with Crippen LogP contribution in [0.25, 0.3) is 5.76 Å². The maximum absolute atomic E-state index is 13.0. The molecular weight excluding hydrogens is 406 g/mol. The van der Waals surface area contributed by atoms with Crippen LogP contribution in [0.4, 0.5) is 0 Å². The average molecular weight is 438 g/mol. The van der Waals surface area contributed by atoms with E-state index < -0.39 is 17.7 Å². The van der Waals surface area contributed by atoms with Gasteiger partial charge in [0.05, 0.1) is 24.8 Å². The molecule has 6 nitrogen and oxygen atoms in total. The summed E-state index contributed by atoms with van der Waals surface area (Å²) >= 11 is 0. The van der Waals surface area contributed by atoms with Crippen LogP contribution in [0.3, 0.4) is 0 Å². The van der Waals surface area contributed by atoms with Crippen LogP contribution in [-0.4, -0.2) is 48.6 Å². The van der Waals surface area contributed by atoms with Crippen molar-refractivity contribution in [3.63, 3.8) is 0 Å². The van der Waals surface area contributed by atoms with E-state index in [1.54, 1.807) is 13.2 Å². The van der Waals surface area contributed by atoms with E-state index in [0.29, 0.717) is 29.4 Å². The Morgan fingerprint density at radius 1 is 1.09 bits per heavy atom. The average Bonchev–Trinajstić information content (AvgIpc) is 3.02. The second-order valence-electron chi connectivity index (χ2n) is 8.56. The van der Waals surface area contributed by atoms with Gasteiger partial charge in [0, 0.05) is 19.2 Å². The lowest BCUT2D eigenvalue weighted by Gasteiger charge is -2.25. The van der Waals surface area contributed by atoms with E-state index in [1.165, 1.54) is 4.90 Å². The van der Waals surface area contributed by atoms with E-state index >= 15 is 0 Å². The first-order chi connectivity index (χ1) is 15.2. The Labute approximate surface area is 189 Å². The van der Waals surface area contributed by atoms with Gasteiger partial charge in [-0.25, -0.2) is 0 Å². The molecule has 3 rings (SSSR count). The van der Waals surface area contributed by atoms with Gasteiger partial charge in [-0.05, 0) is 54.7 Å². The van der Waals surface area contributed by atoms with Crippen LogP contribution >= 0.6 is 0 Å². The Bertz CT molecular complexity index is 1040. The number of amides is 1. The summed E-state index contributed by atoms with van der Waals surface area (Å²) in [6.07, 6.45) is 0. The third-order valence-corrected chi connectivity index (χ3v) is 5.61. The first-order valence-electron chi connectivity index (χ1n) is 10.8. The van der Waals surface area contributed by atoms with Gasteiger partial charge < -0.3 is 19.5 Å². The maximum Gasteiger partial charge on any atom is 0.295 e. The molecule has 0 saturated carbocycles. The number of ketones is 1. The molecule has 1 amide bonds. The van der Waals surface area contributed by atoms with E-state index in [4.69, 9.17) is 9.47 Å². The Kier molecular flexibility index (Phi) is 7.36. The quantitative estimate of drug-likeness (QED) is 0.376. The van der Waals surface area contributed by atoms with Crippen molar-refractivity contribution in [2.24, 2.45) is 5.92 Å². The smallest absolute Gasteiger partial charge is 0.295 e. The SMILES string of the molecule is COCCN1C(=O)C(=O)/C(=C(\O)c2ccc(C)c(C)c2)C1c1cccc(OCC(C)C)c1. The largest absolute Gasteiger partial charge is 0.507 e. The lowest BCUT2D eigenvalue weighted by molar-refractivity contribution is -0.140. The lowest BCUT2D eigenvalue weighted by atomic mass is 9.94. The Morgan fingerprint density at radius 3 is 2.50 bits per heavy atom. The summed E-state index contributed by atoms with van der Waals surface area (Å²) in [5.74, 6) is -0.512. The highest BCUT2D eigenvalue weighted by Crippen LogP contribution is 2.40. The summed E-state index contributed by atoms with van der Waals surface area (Å²) in [5.41, 5.74) is 3.36. The van der Waals surface area contributed by atoms with Gasteiger partial charge >= 0.3 is 0 Å². The number of aryl methyl sites for hydroxylation is 2. The van der Waals surface area contributed by atoms with Gasteiger partial charge in [-0.2, -0.15) is 0 Å². The highest BCUT2D eigenvalue weighted by atomic mass is 16.5. The molecule has 170 valence electrons. The first kappa shape index (κ1) is 23.5. The highest BCUT2D eigenvalue weighted by molar-refractivity contribution is 6.46. The van der Waals surface area contributed by atoms with E-state index in [9.17, 15) is 14.7 Å². The Morgan fingerprint density at radius 2 is 1.84 bits per heavy atom. The van der Waals surface area contributed by atoms with E-state index in [-0.39, 0.29) is 24.5 Å². The number of Topliss-reactive ketones (excluding diaryl/α,β-unsaturated/α-hetero) is 1. The summed E-state index contributed by atoms with van der Waals surface area (Å²) < 4.78 is 11.0. The van der Waals surface area contributed by atoms with Gasteiger partial charge in [0.25, 0.3) is 11.7 Å². The fourth-order valence-electron chi connectivity index (χ4n) is 3.73. The molecule has 6 heteroatoms. The molecule has 1 N–H and O–H groups in total. The van der Waals surface area contributed by atoms with Crippen LogP contribution < -0.4 is 4.74 Å². The summed E-state index contributed by atoms with van der Waals surface area (Å²) in [6, 6.07) is 12.1. The molecule has 1 atom stereocenters. The zero-order chi connectivity index (χ0) is 23.4. The Balaban J connectivity index is 2.12. The molecule has 32 heavy (non-hydrogen) atoms. The number of carbonyl (C=O) groups is 2. The van der Waals surface area contributed by atoms with Crippen LogP contribution in [-0.2, 0) is 14.3 Å². The number of hydrogen-bond acceptors (Lipinski definition) is 5.